The van der Waals surface area contributed by atoms with E-state index < -0.39 is 0 Å². The summed E-state index contributed by atoms with van der Waals surface area (Å²) in [6.07, 6.45) is 0.991. The van der Waals surface area contributed by atoms with Crippen LogP contribution in [0.3, 0.4) is 0 Å². The minimum Gasteiger partial charge on any atom is -0.507 e. The minimum absolute atomic E-state index is 0.166. The predicted octanol–water partition coefficient (Wildman–Crippen LogP) is 4.76. The third-order valence-electron chi connectivity index (χ3n) is 6.13. The summed E-state index contributed by atoms with van der Waals surface area (Å²) >= 11 is 0. The molecule has 0 amide bonds. The first-order valence-electron chi connectivity index (χ1n) is 10.9. The van der Waals surface area contributed by atoms with Gasteiger partial charge in [0.25, 0.3) is 0 Å². The van der Waals surface area contributed by atoms with Crippen LogP contribution in [0.2, 0.25) is 0 Å². The fourth-order valence-corrected chi connectivity index (χ4v) is 4.48. The number of fused-ring (bicyclic) bond motifs is 2. The van der Waals surface area contributed by atoms with Gasteiger partial charge in [0.1, 0.15) is 22.5 Å². The second kappa shape index (κ2) is 8.00. The Kier molecular flexibility index (Phi) is 4.69. The first-order chi connectivity index (χ1) is 16.7. The van der Waals surface area contributed by atoms with Crippen molar-refractivity contribution >= 4 is 22.1 Å². The van der Waals surface area contributed by atoms with Gasteiger partial charge in [0.2, 0.25) is 0 Å². The van der Waals surface area contributed by atoms with Gasteiger partial charge in [0.15, 0.2) is 0 Å². The Hall–Kier alpha value is -4.72. The van der Waals surface area contributed by atoms with Crippen LogP contribution < -0.4 is 0 Å². The van der Waals surface area contributed by atoms with Gasteiger partial charge in [-0.05, 0) is 47.2 Å². The third-order valence-corrected chi connectivity index (χ3v) is 6.13. The lowest BCUT2D eigenvalue weighted by Gasteiger charge is -2.13. The molecule has 0 unspecified atom stereocenters. The number of aromatic hydroxyl groups is 2. The molecule has 4 N–H and O–H groups in total. The number of phenolic OH excluding ortho intramolecular Hbond substituents is 2. The van der Waals surface area contributed by atoms with Crippen LogP contribution in [-0.2, 0) is 12.8 Å². The number of H-pyrrole nitrogens is 2. The van der Waals surface area contributed by atoms with Crippen molar-refractivity contribution in [1.29, 1.82) is 0 Å². The van der Waals surface area contributed by atoms with Crippen LogP contribution in [-0.4, -0.2) is 41.0 Å². The van der Waals surface area contributed by atoms with Crippen LogP contribution in [0.1, 0.15) is 11.1 Å². The summed E-state index contributed by atoms with van der Waals surface area (Å²) in [5.74, 6) is 0.333. The highest BCUT2D eigenvalue weighted by atomic mass is 16.3. The topological polar surface area (TPSA) is 124 Å². The van der Waals surface area contributed by atoms with Crippen molar-refractivity contribution in [1.82, 2.24) is 30.8 Å². The number of benzene rings is 4. The molecule has 4 aromatic carbocycles. The average Bonchev–Trinajstić information content (AvgIpc) is 3.53. The SMILES string of the molecule is Oc1c(CCc2cc3[nH]nnc3c(-c3ccccc3)c2O)cc2[nH]nnc2c1-c1ccccc1. The van der Waals surface area contributed by atoms with Crippen LogP contribution >= 0.6 is 0 Å². The quantitative estimate of drug-likeness (QED) is 0.301. The van der Waals surface area contributed by atoms with Crippen molar-refractivity contribution in [2.45, 2.75) is 12.8 Å². The fourth-order valence-electron chi connectivity index (χ4n) is 4.48. The molecule has 0 spiro atoms. The van der Waals surface area contributed by atoms with Gasteiger partial charge in [-0.15, -0.1) is 10.2 Å². The molecule has 8 heteroatoms. The van der Waals surface area contributed by atoms with E-state index in [4.69, 9.17) is 0 Å². The van der Waals surface area contributed by atoms with E-state index in [1.54, 1.807) is 0 Å². The van der Waals surface area contributed by atoms with Crippen LogP contribution in [0.5, 0.6) is 11.5 Å². The molecule has 0 bridgehead atoms. The van der Waals surface area contributed by atoms with E-state index in [1.165, 1.54) is 0 Å². The van der Waals surface area contributed by atoms with Crippen molar-refractivity contribution in [3.8, 4) is 33.8 Å². The first-order valence-corrected chi connectivity index (χ1v) is 10.9. The molecule has 6 aromatic rings. The molecule has 0 saturated carbocycles. The number of aryl methyl sites for hydroxylation is 2. The van der Waals surface area contributed by atoms with Gasteiger partial charge in [-0.1, -0.05) is 71.1 Å². The molecule has 0 aliphatic heterocycles. The molecule has 2 heterocycles. The Balaban J connectivity index is 1.43. The maximum atomic E-state index is 11.2. The monoisotopic (exact) mass is 448 g/mol. The molecule has 0 atom stereocenters. The molecular formula is C26H20N6O2. The van der Waals surface area contributed by atoms with Crippen molar-refractivity contribution in [3.05, 3.63) is 83.9 Å². The van der Waals surface area contributed by atoms with E-state index in [2.05, 4.69) is 30.8 Å². The number of nitrogens with one attached hydrogen (secondary N) is 2. The number of hydrogen-bond donors (Lipinski definition) is 4. The normalized spacial score (nSPS) is 11.4. The molecule has 166 valence electrons. The van der Waals surface area contributed by atoms with Gasteiger partial charge in [-0.3, -0.25) is 10.2 Å². The largest absolute Gasteiger partial charge is 0.507 e. The van der Waals surface area contributed by atoms with Crippen molar-refractivity contribution < 1.29 is 10.2 Å². The minimum atomic E-state index is 0.166. The molecule has 8 nitrogen and oxygen atoms in total. The molecule has 34 heavy (non-hydrogen) atoms. The third kappa shape index (κ3) is 3.24. The lowest BCUT2D eigenvalue weighted by molar-refractivity contribution is 0.465. The molecule has 6 rings (SSSR count). The molecule has 0 aliphatic carbocycles. The second-order valence-electron chi connectivity index (χ2n) is 8.17. The lowest BCUT2D eigenvalue weighted by Crippen LogP contribution is -1.97. The maximum absolute atomic E-state index is 11.2. The molecule has 0 aliphatic rings. The van der Waals surface area contributed by atoms with Gasteiger partial charge in [-0.25, -0.2) is 0 Å². The van der Waals surface area contributed by atoms with E-state index in [-0.39, 0.29) is 11.5 Å². The van der Waals surface area contributed by atoms with Crippen molar-refractivity contribution in [3.63, 3.8) is 0 Å². The van der Waals surface area contributed by atoms with Crippen molar-refractivity contribution in [2.75, 3.05) is 0 Å². The highest BCUT2D eigenvalue weighted by Crippen LogP contribution is 2.40. The highest BCUT2D eigenvalue weighted by molar-refractivity contribution is 5.97. The van der Waals surface area contributed by atoms with Crippen LogP contribution in [0.15, 0.2) is 72.8 Å². The Morgan fingerprint density at radius 1 is 0.588 bits per heavy atom. The van der Waals surface area contributed by atoms with Gasteiger partial charge < -0.3 is 10.2 Å². The maximum Gasteiger partial charge on any atom is 0.129 e. The summed E-state index contributed by atoms with van der Waals surface area (Å²) in [6, 6.07) is 23.0. The zero-order valence-corrected chi connectivity index (χ0v) is 18.0. The summed E-state index contributed by atoms with van der Waals surface area (Å²) in [7, 11) is 0. The highest BCUT2D eigenvalue weighted by Gasteiger charge is 2.20. The number of phenols is 2. The summed E-state index contributed by atoms with van der Waals surface area (Å²) in [6.45, 7) is 0. The summed E-state index contributed by atoms with van der Waals surface area (Å²) < 4.78 is 0. The zero-order valence-electron chi connectivity index (χ0n) is 18.0. The number of aromatic nitrogens is 6. The lowest BCUT2D eigenvalue weighted by atomic mass is 9.93. The van der Waals surface area contributed by atoms with Gasteiger partial charge >= 0.3 is 0 Å². The van der Waals surface area contributed by atoms with Gasteiger partial charge in [-0.2, -0.15) is 0 Å². The van der Waals surface area contributed by atoms with E-state index in [1.807, 2.05) is 72.8 Å². The standard InChI is InChI=1S/C26H20N6O2/c33-25-17(13-19-23(29-31-27-19)21(25)15-7-3-1-4-8-15)11-12-18-14-20-24(30-32-28-20)22(26(18)34)16-9-5-2-6-10-16/h1-10,13-14,33-34H,11-12H2,(H,27,29,31)(H,28,30,32). The molecular weight excluding hydrogens is 428 g/mol. The fraction of sp³-hybridized carbons (Fsp3) is 0.0769. The van der Waals surface area contributed by atoms with E-state index in [9.17, 15) is 10.2 Å². The number of aromatic amines is 2. The zero-order chi connectivity index (χ0) is 23.1. The smallest absolute Gasteiger partial charge is 0.129 e. The Morgan fingerprint density at radius 2 is 1.00 bits per heavy atom. The van der Waals surface area contributed by atoms with Crippen LogP contribution in [0.4, 0.5) is 0 Å². The summed E-state index contributed by atoms with van der Waals surface area (Å²) in [5, 5.41) is 44.5. The summed E-state index contributed by atoms with van der Waals surface area (Å²) in [4.78, 5) is 0. The predicted molar refractivity (Wildman–Crippen MR) is 129 cm³/mol. The molecule has 2 aromatic heterocycles. The number of rotatable bonds is 5. The molecule has 0 saturated heterocycles. The van der Waals surface area contributed by atoms with E-state index >= 15 is 0 Å². The van der Waals surface area contributed by atoms with Gasteiger partial charge in [0, 0.05) is 0 Å². The van der Waals surface area contributed by atoms with Crippen molar-refractivity contribution in [2.24, 2.45) is 0 Å². The number of hydrogen-bond acceptors (Lipinski definition) is 6. The van der Waals surface area contributed by atoms with E-state index in [0.717, 1.165) is 33.3 Å². The second-order valence-corrected chi connectivity index (χ2v) is 8.17. The number of nitrogens with zero attached hydrogens (tertiary/aromatic N) is 4. The Labute approximate surface area is 193 Å². The van der Waals surface area contributed by atoms with E-state index in [0.29, 0.717) is 35.0 Å². The molecule has 0 radical (unpaired) electrons. The summed E-state index contributed by atoms with van der Waals surface area (Å²) in [5.41, 5.74) is 7.21. The van der Waals surface area contributed by atoms with Crippen LogP contribution in [0, 0.1) is 0 Å². The first kappa shape index (κ1) is 19.9. The molecule has 0 fully saturated rings. The van der Waals surface area contributed by atoms with Crippen LogP contribution in [0.25, 0.3) is 44.3 Å². The van der Waals surface area contributed by atoms with Gasteiger partial charge in [0.05, 0.1) is 22.2 Å². The average molecular weight is 448 g/mol. The Bertz CT molecular complexity index is 1500. The Morgan fingerprint density at radius 3 is 1.41 bits per heavy atom.